The maximum Gasteiger partial charge on any atom is 0.197 e. The second kappa shape index (κ2) is 5.26. The average Bonchev–Trinajstić information content (AvgIpc) is 2.45. The van der Waals surface area contributed by atoms with Crippen LogP contribution >= 0.6 is 11.8 Å². The van der Waals surface area contributed by atoms with Gasteiger partial charge in [0.1, 0.15) is 22.7 Å². The Bertz CT molecular complexity index is 851. The molecule has 0 atom stereocenters. The van der Waals surface area contributed by atoms with Crippen LogP contribution in [0.25, 0.3) is 10.9 Å². The van der Waals surface area contributed by atoms with Crippen molar-refractivity contribution < 1.29 is 0 Å². The standard InChI is InChI=1S/C14H10N6S/c15-7-9-5-8-3-1-2-4-10(8)18-13(9)21-14-19-11(16)6-12(17)20-14/h1-6H,(H4,16,17,19,20). The van der Waals surface area contributed by atoms with Crippen molar-refractivity contribution in [3.05, 3.63) is 42.0 Å². The molecule has 102 valence electrons. The Labute approximate surface area is 124 Å². The molecular weight excluding hydrogens is 284 g/mol. The van der Waals surface area contributed by atoms with Crippen molar-refractivity contribution in [2.45, 2.75) is 10.2 Å². The van der Waals surface area contributed by atoms with Crippen LogP contribution in [0.5, 0.6) is 0 Å². The summed E-state index contributed by atoms with van der Waals surface area (Å²) in [6, 6.07) is 13.0. The fraction of sp³-hybridized carbons (Fsp3) is 0. The van der Waals surface area contributed by atoms with Gasteiger partial charge in [0.25, 0.3) is 0 Å². The molecule has 0 spiro atoms. The van der Waals surface area contributed by atoms with Crippen molar-refractivity contribution >= 4 is 34.3 Å². The summed E-state index contributed by atoms with van der Waals surface area (Å²) in [6.45, 7) is 0. The second-order valence-electron chi connectivity index (χ2n) is 4.25. The lowest BCUT2D eigenvalue weighted by molar-refractivity contribution is 0.978. The molecule has 0 aliphatic heterocycles. The van der Waals surface area contributed by atoms with Gasteiger partial charge < -0.3 is 11.5 Å². The first-order valence-electron chi connectivity index (χ1n) is 6.03. The number of nitrogen functional groups attached to an aromatic ring is 2. The molecule has 0 bridgehead atoms. The molecule has 0 unspecified atom stereocenters. The zero-order valence-electron chi connectivity index (χ0n) is 10.8. The Morgan fingerprint density at radius 3 is 2.43 bits per heavy atom. The minimum atomic E-state index is 0.282. The zero-order chi connectivity index (χ0) is 14.8. The van der Waals surface area contributed by atoms with Crippen LogP contribution in [-0.2, 0) is 0 Å². The van der Waals surface area contributed by atoms with E-state index in [1.807, 2.05) is 24.3 Å². The molecule has 6 nitrogen and oxygen atoms in total. The van der Waals surface area contributed by atoms with E-state index in [4.69, 9.17) is 11.5 Å². The minimum Gasteiger partial charge on any atom is -0.383 e. The molecule has 0 fully saturated rings. The van der Waals surface area contributed by atoms with Crippen LogP contribution < -0.4 is 11.5 Å². The van der Waals surface area contributed by atoms with Crippen LogP contribution in [0.15, 0.2) is 46.6 Å². The summed E-state index contributed by atoms with van der Waals surface area (Å²) < 4.78 is 0. The highest BCUT2D eigenvalue weighted by molar-refractivity contribution is 7.99. The molecule has 0 radical (unpaired) electrons. The average molecular weight is 294 g/mol. The number of benzene rings is 1. The number of aromatic nitrogens is 3. The number of hydrogen-bond donors (Lipinski definition) is 2. The van der Waals surface area contributed by atoms with Gasteiger partial charge in [-0.05, 0) is 23.9 Å². The Morgan fingerprint density at radius 1 is 1.00 bits per heavy atom. The molecule has 0 saturated heterocycles. The van der Waals surface area contributed by atoms with E-state index in [1.54, 1.807) is 6.07 Å². The van der Waals surface area contributed by atoms with Crippen molar-refractivity contribution in [1.29, 1.82) is 5.26 Å². The van der Waals surface area contributed by atoms with Crippen molar-refractivity contribution in [2.75, 3.05) is 11.5 Å². The number of fused-ring (bicyclic) bond motifs is 1. The molecular formula is C14H10N6S. The van der Waals surface area contributed by atoms with E-state index < -0.39 is 0 Å². The summed E-state index contributed by atoms with van der Waals surface area (Å²) in [4.78, 5) is 12.6. The Kier molecular flexibility index (Phi) is 3.30. The highest BCUT2D eigenvalue weighted by Crippen LogP contribution is 2.29. The molecule has 0 aliphatic rings. The SMILES string of the molecule is N#Cc1cc2ccccc2nc1Sc1nc(N)cc(N)n1. The number of nitrogens with zero attached hydrogens (tertiary/aromatic N) is 4. The lowest BCUT2D eigenvalue weighted by atomic mass is 10.2. The first-order valence-corrected chi connectivity index (χ1v) is 6.85. The molecule has 2 heterocycles. The van der Waals surface area contributed by atoms with Crippen LogP contribution in [0.1, 0.15) is 5.56 Å². The van der Waals surface area contributed by atoms with Crippen molar-refractivity contribution in [1.82, 2.24) is 15.0 Å². The van der Waals surface area contributed by atoms with Gasteiger partial charge in [0, 0.05) is 11.5 Å². The van der Waals surface area contributed by atoms with Crippen molar-refractivity contribution in [2.24, 2.45) is 0 Å². The smallest absolute Gasteiger partial charge is 0.197 e. The predicted molar refractivity (Wildman–Crippen MR) is 81.4 cm³/mol. The third kappa shape index (κ3) is 2.70. The zero-order valence-corrected chi connectivity index (χ0v) is 11.6. The molecule has 0 amide bonds. The first kappa shape index (κ1) is 13.1. The molecule has 3 rings (SSSR count). The van der Waals surface area contributed by atoms with E-state index in [2.05, 4.69) is 21.0 Å². The number of rotatable bonds is 2. The molecule has 21 heavy (non-hydrogen) atoms. The fourth-order valence-corrected chi connectivity index (χ4v) is 2.68. The van der Waals surface area contributed by atoms with Gasteiger partial charge >= 0.3 is 0 Å². The summed E-state index contributed by atoms with van der Waals surface area (Å²) >= 11 is 1.17. The molecule has 7 heteroatoms. The summed E-state index contributed by atoms with van der Waals surface area (Å²) in [5.74, 6) is 0.564. The number of para-hydroxylation sites is 1. The van der Waals surface area contributed by atoms with Crippen LogP contribution in [0.4, 0.5) is 11.6 Å². The largest absolute Gasteiger partial charge is 0.383 e. The van der Waals surface area contributed by atoms with E-state index in [-0.39, 0.29) is 11.6 Å². The van der Waals surface area contributed by atoms with Crippen LogP contribution in [0, 0.1) is 11.3 Å². The monoisotopic (exact) mass is 294 g/mol. The van der Waals surface area contributed by atoms with Gasteiger partial charge in [-0.15, -0.1) is 0 Å². The quantitative estimate of drug-likeness (QED) is 0.696. The molecule has 4 N–H and O–H groups in total. The van der Waals surface area contributed by atoms with Crippen molar-refractivity contribution in [3.8, 4) is 6.07 Å². The molecule has 2 aromatic heterocycles. The van der Waals surface area contributed by atoms with Gasteiger partial charge in [-0.1, -0.05) is 18.2 Å². The van der Waals surface area contributed by atoms with Gasteiger partial charge in [0.2, 0.25) is 0 Å². The minimum absolute atomic E-state index is 0.282. The number of nitriles is 1. The number of nitrogens with two attached hydrogens (primary N) is 2. The number of pyridine rings is 1. The van der Waals surface area contributed by atoms with E-state index in [9.17, 15) is 5.26 Å². The maximum absolute atomic E-state index is 9.27. The van der Waals surface area contributed by atoms with E-state index in [0.29, 0.717) is 15.7 Å². The lowest BCUT2D eigenvalue weighted by Crippen LogP contribution is -1.99. The van der Waals surface area contributed by atoms with E-state index >= 15 is 0 Å². The summed E-state index contributed by atoms with van der Waals surface area (Å²) in [5, 5.41) is 11.1. The van der Waals surface area contributed by atoms with Gasteiger partial charge in [0.05, 0.1) is 11.1 Å². The second-order valence-corrected chi connectivity index (χ2v) is 5.20. The third-order valence-corrected chi connectivity index (χ3v) is 3.61. The summed E-state index contributed by atoms with van der Waals surface area (Å²) in [7, 11) is 0. The third-order valence-electron chi connectivity index (χ3n) is 2.74. The Morgan fingerprint density at radius 2 is 1.71 bits per heavy atom. The van der Waals surface area contributed by atoms with E-state index in [1.165, 1.54) is 17.8 Å². The number of anilines is 2. The van der Waals surface area contributed by atoms with Gasteiger partial charge in [-0.25, -0.2) is 15.0 Å². The van der Waals surface area contributed by atoms with Gasteiger partial charge in [-0.2, -0.15) is 5.26 Å². The Hall–Kier alpha value is -2.85. The normalized spacial score (nSPS) is 10.4. The van der Waals surface area contributed by atoms with Gasteiger partial charge in [-0.3, -0.25) is 0 Å². The highest BCUT2D eigenvalue weighted by atomic mass is 32.2. The van der Waals surface area contributed by atoms with Crippen molar-refractivity contribution in [3.63, 3.8) is 0 Å². The lowest BCUT2D eigenvalue weighted by Gasteiger charge is -2.05. The summed E-state index contributed by atoms with van der Waals surface area (Å²) in [5.41, 5.74) is 12.6. The number of hydrogen-bond acceptors (Lipinski definition) is 7. The topological polar surface area (TPSA) is 114 Å². The van der Waals surface area contributed by atoms with E-state index in [0.717, 1.165) is 10.9 Å². The van der Waals surface area contributed by atoms with Gasteiger partial charge in [0.15, 0.2) is 5.16 Å². The molecule has 3 aromatic rings. The Balaban J connectivity index is 2.09. The predicted octanol–water partition coefficient (Wildman–Crippen LogP) is 2.21. The molecule has 1 aromatic carbocycles. The highest BCUT2D eigenvalue weighted by Gasteiger charge is 2.11. The maximum atomic E-state index is 9.27. The summed E-state index contributed by atoms with van der Waals surface area (Å²) in [6.07, 6.45) is 0. The molecule has 0 aliphatic carbocycles. The van der Waals surface area contributed by atoms with Crippen LogP contribution in [0.2, 0.25) is 0 Å². The first-order chi connectivity index (χ1) is 10.2. The van der Waals surface area contributed by atoms with Crippen LogP contribution in [-0.4, -0.2) is 15.0 Å². The fourth-order valence-electron chi connectivity index (χ4n) is 1.85. The van der Waals surface area contributed by atoms with Crippen LogP contribution in [0.3, 0.4) is 0 Å². The molecule has 0 saturated carbocycles.